The molecule has 3 nitrogen and oxygen atoms in total. The Balaban J connectivity index is 2.78. The van der Waals surface area contributed by atoms with Crippen LogP contribution in [-0.2, 0) is 4.79 Å². The average Bonchev–Trinajstić information content (AvgIpc) is 2.49. The number of aryl methyl sites for hydroxylation is 1. The highest BCUT2D eigenvalue weighted by Crippen LogP contribution is 2.25. The van der Waals surface area contributed by atoms with Crippen molar-refractivity contribution in [3.8, 4) is 0 Å². The van der Waals surface area contributed by atoms with Gasteiger partial charge in [-0.3, -0.25) is 4.79 Å². The van der Waals surface area contributed by atoms with Crippen molar-refractivity contribution < 1.29 is 9.90 Å². The van der Waals surface area contributed by atoms with Crippen LogP contribution < -0.4 is 0 Å². The molecule has 1 N–H and O–H groups in total. The normalized spacial score (nSPS) is 15.3. The van der Waals surface area contributed by atoms with Crippen LogP contribution in [0.1, 0.15) is 30.5 Å². The summed E-state index contributed by atoms with van der Waals surface area (Å²) in [7, 11) is 0. The molecule has 0 spiro atoms. The first-order chi connectivity index (χ1) is 6.02. The van der Waals surface area contributed by atoms with E-state index in [0.29, 0.717) is 0 Å². The Morgan fingerprint density at radius 3 is 2.62 bits per heavy atom. The lowest BCUT2D eigenvalue weighted by molar-refractivity contribution is -0.141. The molecule has 72 valence electrons. The lowest BCUT2D eigenvalue weighted by Gasteiger charge is -2.12. The molecular formula is C9H13NO2S. The second-order valence-corrected chi connectivity index (χ2v) is 4.27. The zero-order chi connectivity index (χ0) is 10.0. The maximum atomic E-state index is 10.7. The van der Waals surface area contributed by atoms with E-state index in [-0.39, 0.29) is 11.8 Å². The first-order valence-corrected chi connectivity index (χ1v) is 5.05. The van der Waals surface area contributed by atoms with Crippen LogP contribution in [-0.4, -0.2) is 16.1 Å². The summed E-state index contributed by atoms with van der Waals surface area (Å²) >= 11 is 1.56. The van der Waals surface area contributed by atoms with E-state index in [1.165, 1.54) is 0 Å². The van der Waals surface area contributed by atoms with Crippen LogP contribution in [0.5, 0.6) is 0 Å². The third-order valence-electron chi connectivity index (χ3n) is 2.24. The highest BCUT2D eigenvalue weighted by Gasteiger charge is 2.22. The standard InChI is InChI=1S/C9H13NO2S/c1-5(6(2)9(11)12)8-4-13-7(3)10-8/h4-6H,1-3H3,(H,11,12). The molecule has 0 amide bonds. The van der Waals surface area contributed by atoms with E-state index in [1.54, 1.807) is 18.3 Å². The van der Waals surface area contributed by atoms with E-state index in [0.717, 1.165) is 10.7 Å². The molecule has 2 unspecified atom stereocenters. The van der Waals surface area contributed by atoms with Crippen LogP contribution in [0, 0.1) is 12.8 Å². The Morgan fingerprint density at radius 2 is 2.23 bits per heavy atom. The number of aliphatic carboxylic acids is 1. The number of nitrogens with zero attached hydrogens (tertiary/aromatic N) is 1. The van der Waals surface area contributed by atoms with Crippen LogP contribution in [0.2, 0.25) is 0 Å². The van der Waals surface area contributed by atoms with E-state index in [2.05, 4.69) is 4.98 Å². The maximum absolute atomic E-state index is 10.7. The number of carboxylic acids is 1. The minimum absolute atomic E-state index is 0.0116. The quantitative estimate of drug-likeness (QED) is 0.812. The third kappa shape index (κ3) is 2.28. The Labute approximate surface area is 81.4 Å². The summed E-state index contributed by atoms with van der Waals surface area (Å²) in [5.41, 5.74) is 0.886. The van der Waals surface area contributed by atoms with Crippen molar-refractivity contribution in [2.24, 2.45) is 5.92 Å². The molecule has 4 heteroatoms. The third-order valence-corrected chi connectivity index (χ3v) is 3.03. The van der Waals surface area contributed by atoms with Gasteiger partial charge in [0.15, 0.2) is 0 Å². The molecule has 13 heavy (non-hydrogen) atoms. The van der Waals surface area contributed by atoms with Crippen molar-refractivity contribution in [1.82, 2.24) is 4.98 Å². The maximum Gasteiger partial charge on any atom is 0.306 e. The Kier molecular flexibility index (Phi) is 3.03. The first-order valence-electron chi connectivity index (χ1n) is 4.17. The second-order valence-electron chi connectivity index (χ2n) is 3.21. The molecule has 0 bridgehead atoms. The van der Waals surface area contributed by atoms with Gasteiger partial charge in [0.1, 0.15) is 0 Å². The summed E-state index contributed by atoms with van der Waals surface area (Å²) in [5, 5.41) is 11.7. The fraction of sp³-hybridized carbons (Fsp3) is 0.556. The highest BCUT2D eigenvalue weighted by molar-refractivity contribution is 7.09. The van der Waals surface area contributed by atoms with Crippen LogP contribution in [0.3, 0.4) is 0 Å². The molecule has 0 aromatic carbocycles. The summed E-state index contributed by atoms with van der Waals surface area (Å²) in [6.07, 6.45) is 0. The predicted molar refractivity (Wildman–Crippen MR) is 52.1 cm³/mol. The van der Waals surface area contributed by atoms with E-state index < -0.39 is 5.97 Å². The van der Waals surface area contributed by atoms with Gasteiger partial charge < -0.3 is 5.11 Å². The number of hydrogen-bond acceptors (Lipinski definition) is 3. The van der Waals surface area contributed by atoms with Crippen molar-refractivity contribution in [2.75, 3.05) is 0 Å². The average molecular weight is 199 g/mol. The number of carbonyl (C=O) groups is 1. The van der Waals surface area contributed by atoms with Gasteiger partial charge in [-0.25, -0.2) is 4.98 Å². The van der Waals surface area contributed by atoms with Gasteiger partial charge in [-0.05, 0) is 6.92 Å². The Morgan fingerprint density at radius 1 is 1.62 bits per heavy atom. The van der Waals surface area contributed by atoms with Crippen molar-refractivity contribution in [2.45, 2.75) is 26.7 Å². The number of hydrogen-bond donors (Lipinski definition) is 1. The zero-order valence-corrected chi connectivity index (χ0v) is 8.76. The monoisotopic (exact) mass is 199 g/mol. The number of thiazole rings is 1. The Hall–Kier alpha value is -0.900. The molecule has 2 atom stereocenters. The molecule has 0 aliphatic carbocycles. The second kappa shape index (κ2) is 3.87. The van der Waals surface area contributed by atoms with Gasteiger partial charge in [0.05, 0.1) is 16.6 Å². The van der Waals surface area contributed by atoms with Gasteiger partial charge in [-0.2, -0.15) is 0 Å². The van der Waals surface area contributed by atoms with Gasteiger partial charge in [0.2, 0.25) is 0 Å². The fourth-order valence-corrected chi connectivity index (χ4v) is 1.78. The summed E-state index contributed by atoms with van der Waals surface area (Å²) < 4.78 is 0. The molecule has 1 aromatic rings. The molecule has 0 aliphatic rings. The summed E-state index contributed by atoms with van der Waals surface area (Å²) in [6.45, 7) is 5.53. The minimum atomic E-state index is -0.766. The highest BCUT2D eigenvalue weighted by atomic mass is 32.1. The largest absolute Gasteiger partial charge is 0.481 e. The molecule has 1 heterocycles. The lowest BCUT2D eigenvalue weighted by atomic mass is 9.94. The van der Waals surface area contributed by atoms with Gasteiger partial charge >= 0.3 is 5.97 Å². The predicted octanol–water partition coefficient (Wildman–Crippen LogP) is 2.28. The SMILES string of the molecule is Cc1nc(C(C)C(C)C(=O)O)cs1. The lowest BCUT2D eigenvalue weighted by Crippen LogP contribution is -2.16. The van der Waals surface area contributed by atoms with Gasteiger partial charge in [0.25, 0.3) is 0 Å². The van der Waals surface area contributed by atoms with Gasteiger partial charge in [-0.15, -0.1) is 11.3 Å². The van der Waals surface area contributed by atoms with Crippen molar-refractivity contribution in [1.29, 1.82) is 0 Å². The van der Waals surface area contributed by atoms with Crippen molar-refractivity contribution >= 4 is 17.3 Å². The molecule has 0 aliphatic heterocycles. The molecule has 1 rings (SSSR count). The molecule has 0 saturated heterocycles. The van der Waals surface area contributed by atoms with Crippen LogP contribution in [0.25, 0.3) is 0 Å². The Bertz CT molecular complexity index is 308. The summed E-state index contributed by atoms with van der Waals surface area (Å²) in [5.74, 6) is -1.15. The minimum Gasteiger partial charge on any atom is -0.481 e. The van der Waals surface area contributed by atoms with E-state index >= 15 is 0 Å². The first kappa shape index (κ1) is 10.2. The van der Waals surface area contributed by atoms with Crippen LogP contribution in [0.4, 0.5) is 0 Å². The van der Waals surface area contributed by atoms with Crippen LogP contribution in [0.15, 0.2) is 5.38 Å². The number of carboxylic acid groups (broad SMARTS) is 1. The molecular weight excluding hydrogens is 186 g/mol. The number of aromatic nitrogens is 1. The zero-order valence-electron chi connectivity index (χ0n) is 7.94. The molecule has 0 fully saturated rings. The summed E-state index contributed by atoms with van der Waals surface area (Å²) in [6, 6.07) is 0. The summed E-state index contributed by atoms with van der Waals surface area (Å²) in [4.78, 5) is 15.0. The fourth-order valence-electron chi connectivity index (χ4n) is 1.06. The van der Waals surface area contributed by atoms with Crippen LogP contribution >= 0.6 is 11.3 Å². The molecule has 1 aromatic heterocycles. The topological polar surface area (TPSA) is 50.2 Å². The van der Waals surface area contributed by atoms with E-state index in [9.17, 15) is 4.79 Å². The van der Waals surface area contributed by atoms with E-state index in [1.807, 2.05) is 19.2 Å². The smallest absolute Gasteiger partial charge is 0.306 e. The van der Waals surface area contributed by atoms with Crippen molar-refractivity contribution in [3.63, 3.8) is 0 Å². The van der Waals surface area contributed by atoms with Crippen molar-refractivity contribution in [3.05, 3.63) is 16.1 Å². The molecule has 0 saturated carbocycles. The molecule has 0 radical (unpaired) electrons. The van der Waals surface area contributed by atoms with Gasteiger partial charge in [0, 0.05) is 11.3 Å². The number of rotatable bonds is 3. The van der Waals surface area contributed by atoms with E-state index in [4.69, 9.17) is 5.11 Å². The van der Waals surface area contributed by atoms with Gasteiger partial charge in [-0.1, -0.05) is 13.8 Å².